The minimum absolute atomic E-state index is 0.166. The summed E-state index contributed by atoms with van der Waals surface area (Å²) in [7, 11) is 0. The highest BCUT2D eigenvalue weighted by molar-refractivity contribution is 5.57. The van der Waals surface area contributed by atoms with Crippen LogP contribution in [-0.4, -0.2) is 15.1 Å². The Morgan fingerprint density at radius 1 is 1.45 bits per heavy atom. The summed E-state index contributed by atoms with van der Waals surface area (Å²) in [5.41, 5.74) is 0.208. The number of nitrogens with one attached hydrogen (secondary N) is 2. The van der Waals surface area contributed by atoms with Gasteiger partial charge in [-0.25, -0.2) is 8.78 Å². The van der Waals surface area contributed by atoms with Crippen LogP contribution in [0.3, 0.4) is 0 Å². The lowest BCUT2D eigenvalue weighted by atomic mass is 10.1. The number of rotatable bonds is 5. The molecule has 0 saturated heterocycles. The van der Waals surface area contributed by atoms with E-state index >= 15 is 0 Å². The van der Waals surface area contributed by atoms with Crippen molar-refractivity contribution in [2.24, 2.45) is 0 Å². The molecule has 2 rings (SSSR count). The molecule has 0 aliphatic rings. The molecule has 106 valence electrons. The minimum atomic E-state index is -2.80. The van der Waals surface area contributed by atoms with E-state index in [1.165, 1.54) is 12.1 Å². The van der Waals surface area contributed by atoms with E-state index in [4.69, 9.17) is 0 Å². The van der Waals surface area contributed by atoms with E-state index in [9.17, 15) is 18.9 Å². The van der Waals surface area contributed by atoms with Gasteiger partial charge >= 0.3 is 0 Å². The van der Waals surface area contributed by atoms with Crippen molar-refractivity contribution in [2.45, 2.75) is 19.4 Å². The summed E-state index contributed by atoms with van der Waals surface area (Å²) in [4.78, 5) is 9.92. The third-order valence-corrected chi connectivity index (χ3v) is 2.87. The average Bonchev–Trinajstić information content (AvgIpc) is 2.92. The summed E-state index contributed by atoms with van der Waals surface area (Å²) in [6.07, 6.45) is 0.421. The Morgan fingerprint density at radius 3 is 2.75 bits per heavy atom. The van der Waals surface area contributed by atoms with Gasteiger partial charge in [0, 0.05) is 35.1 Å². The van der Waals surface area contributed by atoms with Crippen LogP contribution in [0.15, 0.2) is 30.6 Å². The van der Waals surface area contributed by atoms with Crippen LogP contribution in [-0.2, 0) is 0 Å². The number of benzene rings is 1. The fourth-order valence-electron chi connectivity index (χ4n) is 1.79. The van der Waals surface area contributed by atoms with Crippen LogP contribution in [0.25, 0.3) is 0 Å². The lowest BCUT2D eigenvalue weighted by Gasteiger charge is -2.16. The maximum atomic E-state index is 13.0. The molecule has 1 heterocycles. The first-order valence-electron chi connectivity index (χ1n) is 5.80. The summed E-state index contributed by atoms with van der Waals surface area (Å²) < 4.78 is 26.0. The number of halogens is 2. The molecule has 0 aliphatic carbocycles. The lowest BCUT2D eigenvalue weighted by Crippen LogP contribution is -2.08. The Balaban J connectivity index is 2.29. The van der Waals surface area contributed by atoms with Gasteiger partial charge in [-0.1, -0.05) is 0 Å². The molecule has 20 heavy (non-hydrogen) atoms. The zero-order valence-electron chi connectivity index (χ0n) is 10.5. The van der Waals surface area contributed by atoms with Crippen LogP contribution in [0.2, 0.25) is 0 Å². The van der Waals surface area contributed by atoms with Crippen LogP contribution in [0.4, 0.5) is 20.2 Å². The molecule has 0 fully saturated rings. The molecule has 0 amide bonds. The lowest BCUT2D eigenvalue weighted by molar-refractivity contribution is -0.385. The van der Waals surface area contributed by atoms with E-state index in [-0.39, 0.29) is 17.4 Å². The topological polar surface area (TPSA) is 83.8 Å². The van der Waals surface area contributed by atoms with Gasteiger partial charge < -0.3 is 5.32 Å². The van der Waals surface area contributed by atoms with Gasteiger partial charge in [0.1, 0.15) is 0 Å². The fraction of sp³-hybridized carbons (Fsp3) is 0.250. The van der Waals surface area contributed by atoms with Crippen molar-refractivity contribution in [3.8, 4) is 0 Å². The van der Waals surface area contributed by atoms with Crippen molar-refractivity contribution in [3.63, 3.8) is 0 Å². The van der Waals surface area contributed by atoms with Gasteiger partial charge in [0.2, 0.25) is 0 Å². The SMILES string of the molecule is CC(Nc1ccc([N+](=O)[O-])cc1C(F)F)c1cn[nH]c1. The number of alkyl halides is 2. The zero-order valence-corrected chi connectivity index (χ0v) is 10.5. The van der Waals surface area contributed by atoms with Crippen molar-refractivity contribution in [1.29, 1.82) is 0 Å². The van der Waals surface area contributed by atoms with E-state index in [2.05, 4.69) is 15.5 Å². The van der Waals surface area contributed by atoms with Crippen molar-refractivity contribution in [2.75, 3.05) is 5.32 Å². The summed E-state index contributed by atoms with van der Waals surface area (Å²) >= 11 is 0. The smallest absolute Gasteiger partial charge is 0.270 e. The summed E-state index contributed by atoms with van der Waals surface area (Å²) in [5.74, 6) is 0. The fourth-order valence-corrected chi connectivity index (χ4v) is 1.79. The highest BCUT2D eigenvalue weighted by atomic mass is 19.3. The van der Waals surface area contributed by atoms with Crippen LogP contribution >= 0.6 is 0 Å². The van der Waals surface area contributed by atoms with E-state index in [1.54, 1.807) is 19.3 Å². The molecule has 2 N–H and O–H groups in total. The molecule has 0 spiro atoms. The minimum Gasteiger partial charge on any atom is -0.378 e. The van der Waals surface area contributed by atoms with Gasteiger partial charge in [0.15, 0.2) is 0 Å². The highest BCUT2D eigenvalue weighted by Crippen LogP contribution is 2.32. The first kappa shape index (κ1) is 13.9. The van der Waals surface area contributed by atoms with Crippen molar-refractivity contribution in [3.05, 3.63) is 51.8 Å². The number of nitro benzene ring substituents is 1. The quantitative estimate of drug-likeness (QED) is 0.650. The summed E-state index contributed by atoms with van der Waals surface area (Å²) in [5, 5.41) is 19.9. The molecule has 2 aromatic rings. The van der Waals surface area contributed by atoms with Crippen LogP contribution in [0.1, 0.15) is 30.5 Å². The van der Waals surface area contributed by atoms with Gasteiger partial charge in [0.25, 0.3) is 12.1 Å². The Hall–Kier alpha value is -2.51. The van der Waals surface area contributed by atoms with Crippen LogP contribution < -0.4 is 5.32 Å². The van der Waals surface area contributed by atoms with Gasteiger partial charge in [-0.3, -0.25) is 15.2 Å². The predicted octanol–water partition coefficient (Wildman–Crippen LogP) is 3.43. The number of nitrogens with zero attached hydrogens (tertiary/aromatic N) is 2. The summed E-state index contributed by atoms with van der Waals surface area (Å²) in [6, 6.07) is 3.11. The molecule has 0 aliphatic heterocycles. The molecule has 1 unspecified atom stereocenters. The summed E-state index contributed by atoms with van der Waals surface area (Å²) in [6.45, 7) is 1.78. The molecule has 8 heteroatoms. The van der Waals surface area contributed by atoms with Gasteiger partial charge in [-0.2, -0.15) is 5.10 Å². The number of H-pyrrole nitrogens is 1. The Morgan fingerprint density at radius 2 is 2.20 bits per heavy atom. The predicted molar refractivity (Wildman–Crippen MR) is 68.7 cm³/mol. The second-order valence-corrected chi connectivity index (χ2v) is 4.23. The molecule has 1 atom stereocenters. The van der Waals surface area contributed by atoms with E-state index in [1.807, 2.05) is 0 Å². The van der Waals surface area contributed by atoms with Gasteiger partial charge in [0.05, 0.1) is 17.2 Å². The Kier molecular flexibility index (Phi) is 3.92. The number of hydrogen-bond acceptors (Lipinski definition) is 4. The molecule has 0 bridgehead atoms. The number of anilines is 1. The number of aromatic amines is 1. The zero-order chi connectivity index (χ0) is 14.7. The van der Waals surface area contributed by atoms with E-state index in [0.29, 0.717) is 0 Å². The van der Waals surface area contributed by atoms with Gasteiger partial charge in [-0.05, 0) is 13.0 Å². The first-order valence-corrected chi connectivity index (χ1v) is 5.80. The van der Waals surface area contributed by atoms with Crippen LogP contribution in [0.5, 0.6) is 0 Å². The second-order valence-electron chi connectivity index (χ2n) is 4.23. The molecular weight excluding hydrogens is 270 g/mol. The molecule has 1 aromatic carbocycles. The van der Waals surface area contributed by atoms with E-state index < -0.39 is 16.9 Å². The first-order chi connectivity index (χ1) is 9.49. The normalized spacial score (nSPS) is 12.4. The molecule has 1 aromatic heterocycles. The highest BCUT2D eigenvalue weighted by Gasteiger charge is 2.19. The average molecular weight is 282 g/mol. The Labute approximate surface area is 113 Å². The number of nitro groups is 1. The number of non-ortho nitro benzene ring substituents is 1. The monoisotopic (exact) mass is 282 g/mol. The van der Waals surface area contributed by atoms with Crippen LogP contribution in [0, 0.1) is 10.1 Å². The van der Waals surface area contributed by atoms with Crippen molar-refractivity contribution < 1.29 is 13.7 Å². The molecule has 0 radical (unpaired) electrons. The maximum absolute atomic E-state index is 13.0. The third-order valence-electron chi connectivity index (χ3n) is 2.87. The maximum Gasteiger partial charge on any atom is 0.270 e. The van der Waals surface area contributed by atoms with Crippen molar-refractivity contribution >= 4 is 11.4 Å². The van der Waals surface area contributed by atoms with Crippen molar-refractivity contribution in [1.82, 2.24) is 10.2 Å². The number of aromatic nitrogens is 2. The molecule has 0 saturated carbocycles. The molecule has 6 nitrogen and oxygen atoms in total. The largest absolute Gasteiger partial charge is 0.378 e. The molecular formula is C12H12F2N4O2. The number of hydrogen-bond donors (Lipinski definition) is 2. The standard InChI is InChI=1S/C12H12F2N4O2/c1-7(8-5-15-16-6-8)17-11-3-2-9(18(19)20)4-10(11)12(13)14/h2-7,12,17H,1H3,(H,15,16). The van der Waals surface area contributed by atoms with Gasteiger partial charge in [-0.15, -0.1) is 0 Å². The van der Waals surface area contributed by atoms with E-state index in [0.717, 1.165) is 11.6 Å². The second kappa shape index (κ2) is 5.64. The Bertz CT molecular complexity index is 602. The third kappa shape index (κ3) is 2.90.